The highest BCUT2D eigenvalue weighted by molar-refractivity contribution is 9.11. The van der Waals surface area contributed by atoms with Crippen LogP contribution in [0.1, 0.15) is 4.88 Å². The van der Waals surface area contributed by atoms with Crippen LogP contribution in [0.2, 0.25) is 5.15 Å². The van der Waals surface area contributed by atoms with Crippen molar-refractivity contribution in [1.82, 2.24) is 9.88 Å². The maximum absolute atomic E-state index is 12.5. The number of piperazine rings is 1. The number of nitrogens with zero attached hydrogens (tertiary/aromatic N) is 3. The molecule has 0 spiro atoms. The predicted molar refractivity (Wildman–Crippen MR) is 102 cm³/mol. The highest BCUT2D eigenvalue weighted by Crippen LogP contribution is 2.23. The number of nitrogens with two attached hydrogens (primary N) is 1. The molecule has 1 unspecified atom stereocenters. The molecule has 128 valence electrons. The Balaban J connectivity index is 1.54. The van der Waals surface area contributed by atoms with E-state index < -0.39 is 6.04 Å². The van der Waals surface area contributed by atoms with Gasteiger partial charge in [-0.05, 0) is 40.2 Å². The zero-order valence-electron chi connectivity index (χ0n) is 13.0. The van der Waals surface area contributed by atoms with Crippen molar-refractivity contribution in [1.29, 1.82) is 0 Å². The van der Waals surface area contributed by atoms with Crippen LogP contribution in [0.3, 0.4) is 0 Å². The van der Waals surface area contributed by atoms with E-state index in [9.17, 15) is 4.79 Å². The topological polar surface area (TPSA) is 62.5 Å². The van der Waals surface area contributed by atoms with Gasteiger partial charge in [-0.2, -0.15) is 0 Å². The number of hydrogen-bond acceptors (Lipinski definition) is 5. The molecule has 5 nitrogen and oxygen atoms in total. The number of aromatic nitrogens is 1. The van der Waals surface area contributed by atoms with E-state index in [0.29, 0.717) is 24.7 Å². The van der Waals surface area contributed by atoms with Gasteiger partial charge < -0.3 is 15.5 Å². The smallest absolute Gasteiger partial charge is 0.239 e. The SMILES string of the molecule is NC(Cc1ccc(Br)s1)C(=O)N1CCN(c2cccc(Cl)n2)CC1. The van der Waals surface area contributed by atoms with Crippen LogP contribution in [-0.4, -0.2) is 48.0 Å². The molecule has 3 rings (SSSR count). The van der Waals surface area contributed by atoms with Crippen molar-refractivity contribution in [3.8, 4) is 0 Å². The van der Waals surface area contributed by atoms with E-state index in [1.54, 1.807) is 17.4 Å². The van der Waals surface area contributed by atoms with Crippen molar-refractivity contribution in [2.75, 3.05) is 31.1 Å². The maximum atomic E-state index is 12.5. The predicted octanol–water partition coefficient (Wildman–Crippen LogP) is 2.78. The summed E-state index contributed by atoms with van der Waals surface area (Å²) in [6.07, 6.45) is 0.575. The second-order valence-electron chi connectivity index (χ2n) is 5.65. The van der Waals surface area contributed by atoms with E-state index >= 15 is 0 Å². The second kappa shape index (κ2) is 7.82. The van der Waals surface area contributed by atoms with Gasteiger partial charge in [0.05, 0.1) is 9.83 Å². The van der Waals surface area contributed by atoms with E-state index in [-0.39, 0.29) is 5.91 Å². The van der Waals surface area contributed by atoms with Crippen molar-refractivity contribution in [2.24, 2.45) is 5.73 Å². The summed E-state index contributed by atoms with van der Waals surface area (Å²) >= 11 is 11.0. The molecular formula is C16H18BrClN4OS. The van der Waals surface area contributed by atoms with Crippen molar-refractivity contribution in [2.45, 2.75) is 12.5 Å². The number of pyridine rings is 1. The zero-order valence-corrected chi connectivity index (χ0v) is 16.1. The first-order valence-electron chi connectivity index (χ1n) is 7.69. The van der Waals surface area contributed by atoms with E-state index in [0.717, 1.165) is 27.6 Å². The maximum Gasteiger partial charge on any atom is 0.239 e. The fourth-order valence-electron chi connectivity index (χ4n) is 2.73. The van der Waals surface area contributed by atoms with Gasteiger partial charge in [0, 0.05) is 37.5 Å². The monoisotopic (exact) mass is 428 g/mol. The molecule has 1 aliphatic heterocycles. The minimum absolute atomic E-state index is 0.0122. The number of hydrogen-bond donors (Lipinski definition) is 1. The summed E-state index contributed by atoms with van der Waals surface area (Å²) in [4.78, 5) is 22.0. The first kappa shape index (κ1) is 17.7. The summed E-state index contributed by atoms with van der Waals surface area (Å²) in [6.45, 7) is 2.76. The van der Waals surface area contributed by atoms with Gasteiger partial charge in [-0.15, -0.1) is 11.3 Å². The van der Waals surface area contributed by atoms with Gasteiger partial charge in [0.15, 0.2) is 0 Å². The summed E-state index contributed by atoms with van der Waals surface area (Å²) in [5.74, 6) is 0.862. The van der Waals surface area contributed by atoms with Gasteiger partial charge in [0.25, 0.3) is 0 Å². The summed E-state index contributed by atoms with van der Waals surface area (Å²) in [7, 11) is 0. The van der Waals surface area contributed by atoms with E-state index in [1.165, 1.54) is 0 Å². The molecule has 0 radical (unpaired) electrons. The van der Waals surface area contributed by atoms with Crippen LogP contribution in [0.5, 0.6) is 0 Å². The Hall–Kier alpha value is -1.15. The quantitative estimate of drug-likeness (QED) is 0.759. The number of carbonyl (C=O) groups is 1. The molecule has 1 amide bonds. The number of carbonyl (C=O) groups excluding carboxylic acids is 1. The van der Waals surface area contributed by atoms with Crippen molar-refractivity contribution >= 4 is 50.6 Å². The lowest BCUT2D eigenvalue weighted by Crippen LogP contribution is -2.53. The Bertz CT molecular complexity index is 718. The second-order valence-corrected chi connectivity index (χ2v) is 8.58. The minimum Gasteiger partial charge on any atom is -0.353 e. The average Bonchev–Trinajstić information content (AvgIpc) is 2.99. The van der Waals surface area contributed by atoms with Crippen LogP contribution in [0.15, 0.2) is 34.1 Å². The molecular weight excluding hydrogens is 412 g/mol. The van der Waals surface area contributed by atoms with Crippen LogP contribution in [0.4, 0.5) is 5.82 Å². The zero-order chi connectivity index (χ0) is 17.1. The van der Waals surface area contributed by atoms with Crippen molar-refractivity contribution in [3.63, 3.8) is 0 Å². The Morgan fingerprint density at radius 2 is 2.04 bits per heavy atom. The fourth-order valence-corrected chi connectivity index (χ4v) is 4.43. The third-order valence-corrected chi connectivity index (χ3v) is 5.84. The third kappa shape index (κ3) is 4.27. The number of amides is 1. The van der Waals surface area contributed by atoms with Gasteiger partial charge >= 0.3 is 0 Å². The molecule has 1 atom stereocenters. The van der Waals surface area contributed by atoms with E-state index in [4.69, 9.17) is 17.3 Å². The number of thiophene rings is 1. The number of halogens is 2. The first-order valence-corrected chi connectivity index (χ1v) is 9.68. The van der Waals surface area contributed by atoms with Gasteiger partial charge in [0.1, 0.15) is 11.0 Å². The molecule has 8 heteroatoms. The number of rotatable bonds is 4. The Morgan fingerprint density at radius 1 is 1.29 bits per heavy atom. The van der Waals surface area contributed by atoms with Gasteiger partial charge in [-0.25, -0.2) is 4.98 Å². The molecule has 0 aromatic carbocycles. The van der Waals surface area contributed by atoms with Crippen molar-refractivity contribution in [3.05, 3.63) is 44.1 Å². The molecule has 2 aromatic heterocycles. The summed E-state index contributed by atoms with van der Waals surface area (Å²) < 4.78 is 1.06. The Labute approximate surface area is 158 Å². The normalized spacial score (nSPS) is 16.3. The lowest BCUT2D eigenvalue weighted by atomic mass is 10.1. The van der Waals surface area contributed by atoms with Crippen LogP contribution in [0.25, 0.3) is 0 Å². The minimum atomic E-state index is -0.494. The summed E-state index contributed by atoms with van der Waals surface area (Å²) in [6, 6.07) is 9.07. The van der Waals surface area contributed by atoms with Crippen molar-refractivity contribution < 1.29 is 4.79 Å². The van der Waals surface area contributed by atoms with E-state index in [2.05, 4.69) is 25.8 Å². The molecule has 1 saturated heterocycles. The summed E-state index contributed by atoms with van der Waals surface area (Å²) in [5.41, 5.74) is 6.11. The standard InChI is InChI=1S/C16H18BrClN4OS/c17-13-5-4-11(24-13)10-12(19)16(23)22-8-6-21(7-9-22)15-3-1-2-14(18)20-15/h1-5,12H,6-10,19H2. The molecule has 0 bridgehead atoms. The lowest BCUT2D eigenvalue weighted by Gasteiger charge is -2.36. The lowest BCUT2D eigenvalue weighted by molar-refractivity contribution is -0.132. The molecule has 0 saturated carbocycles. The molecule has 2 aromatic rings. The molecule has 1 aliphatic rings. The molecule has 2 N–H and O–H groups in total. The van der Waals surface area contributed by atoms with Crippen LogP contribution in [0, 0.1) is 0 Å². The summed E-state index contributed by atoms with van der Waals surface area (Å²) in [5, 5.41) is 0.482. The number of anilines is 1. The average molecular weight is 430 g/mol. The fraction of sp³-hybridized carbons (Fsp3) is 0.375. The Kier molecular flexibility index (Phi) is 5.76. The van der Waals surface area contributed by atoms with Gasteiger partial charge in [-0.3, -0.25) is 4.79 Å². The van der Waals surface area contributed by atoms with E-state index in [1.807, 2.05) is 29.2 Å². The molecule has 0 aliphatic carbocycles. The highest BCUT2D eigenvalue weighted by atomic mass is 79.9. The van der Waals surface area contributed by atoms with Gasteiger partial charge in [-0.1, -0.05) is 17.7 Å². The van der Waals surface area contributed by atoms with Crippen LogP contribution in [-0.2, 0) is 11.2 Å². The largest absolute Gasteiger partial charge is 0.353 e. The van der Waals surface area contributed by atoms with Crippen LogP contribution < -0.4 is 10.6 Å². The molecule has 3 heterocycles. The first-order chi connectivity index (χ1) is 11.5. The van der Waals surface area contributed by atoms with Gasteiger partial charge in [0.2, 0.25) is 5.91 Å². The molecule has 24 heavy (non-hydrogen) atoms. The third-order valence-electron chi connectivity index (χ3n) is 3.98. The van der Waals surface area contributed by atoms with Crippen LogP contribution >= 0.6 is 38.9 Å². The Morgan fingerprint density at radius 3 is 2.67 bits per heavy atom. The highest BCUT2D eigenvalue weighted by Gasteiger charge is 2.26. The molecule has 1 fully saturated rings.